The first kappa shape index (κ1) is 18.0. The zero-order valence-electron chi connectivity index (χ0n) is 14.5. The molecule has 0 radical (unpaired) electrons. The normalized spacial score (nSPS) is 12.2. The minimum Gasteiger partial charge on any atom is -0.330 e. The smallest absolute Gasteiger partial charge is 0.00288 e. The van der Waals surface area contributed by atoms with E-state index in [0.29, 0.717) is 6.54 Å². The molecule has 0 spiro atoms. The fourth-order valence-electron chi connectivity index (χ4n) is 2.74. The van der Waals surface area contributed by atoms with Gasteiger partial charge >= 0.3 is 0 Å². The lowest BCUT2D eigenvalue weighted by Gasteiger charge is -2.11. The van der Waals surface area contributed by atoms with Crippen LogP contribution in [0.3, 0.4) is 0 Å². The van der Waals surface area contributed by atoms with Crippen molar-refractivity contribution in [3.05, 3.63) is 96.1 Å². The molecule has 24 heavy (non-hydrogen) atoms. The Labute approximate surface area is 146 Å². The highest BCUT2D eigenvalue weighted by Gasteiger charge is 2.04. The molecule has 0 saturated heterocycles. The molecular formula is C23H27N. The molecular weight excluding hydrogens is 290 g/mol. The van der Waals surface area contributed by atoms with Gasteiger partial charge in [0.1, 0.15) is 0 Å². The lowest BCUT2D eigenvalue weighted by molar-refractivity contribution is 0.995. The van der Waals surface area contributed by atoms with Crippen LogP contribution in [0.15, 0.2) is 85.0 Å². The maximum absolute atomic E-state index is 5.71. The van der Waals surface area contributed by atoms with E-state index >= 15 is 0 Å². The van der Waals surface area contributed by atoms with E-state index in [9.17, 15) is 0 Å². The molecule has 0 heterocycles. The van der Waals surface area contributed by atoms with Crippen LogP contribution in [0.25, 0.3) is 11.1 Å². The monoisotopic (exact) mass is 317 g/mol. The summed E-state index contributed by atoms with van der Waals surface area (Å²) < 4.78 is 0. The van der Waals surface area contributed by atoms with E-state index < -0.39 is 0 Å². The molecule has 0 saturated carbocycles. The summed E-state index contributed by atoms with van der Waals surface area (Å²) in [5.41, 5.74) is 12.0. The van der Waals surface area contributed by atoms with E-state index in [1.807, 2.05) is 6.07 Å². The van der Waals surface area contributed by atoms with Gasteiger partial charge in [0.15, 0.2) is 0 Å². The van der Waals surface area contributed by atoms with Crippen molar-refractivity contribution in [2.24, 2.45) is 5.73 Å². The molecule has 0 fully saturated rings. The Morgan fingerprint density at radius 3 is 2.08 bits per heavy atom. The van der Waals surface area contributed by atoms with Crippen LogP contribution >= 0.6 is 0 Å². The fourth-order valence-corrected chi connectivity index (χ4v) is 2.74. The van der Waals surface area contributed by atoms with Gasteiger partial charge in [0.2, 0.25) is 0 Å². The minimum absolute atomic E-state index is 0.669. The maximum Gasteiger partial charge on any atom is -0.00288 e. The van der Waals surface area contributed by atoms with Crippen LogP contribution in [-0.2, 0) is 0 Å². The topological polar surface area (TPSA) is 26.0 Å². The van der Waals surface area contributed by atoms with Gasteiger partial charge in [0.25, 0.3) is 0 Å². The highest BCUT2D eigenvalue weighted by Crippen LogP contribution is 2.26. The summed E-state index contributed by atoms with van der Waals surface area (Å²) in [6, 6.07) is 20.9. The summed E-state index contributed by atoms with van der Waals surface area (Å²) >= 11 is 0. The Bertz CT molecular complexity index is 693. The van der Waals surface area contributed by atoms with Gasteiger partial charge in [-0.1, -0.05) is 86.3 Å². The van der Waals surface area contributed by atoms with Crippen LogP contribution in [-0.4, -0.2) is 6.54 Å². The lowest BCUT2D eigenvalue weighted by atomic mass is 9.94. The minimum atomic E-state index is 0.669. The third-order valence-corrected chi connectivity index (χ3v) is 4.06. The number of nitrogens with two attached hydrogens (primary N) is 1. The zero-order chi connectivity index (χ0) is 17.2. The summed E-state index contributed by atoms with van der Waals surface area (Å²) in [5, 5.41) is 0. The number of hydrogen-bond acceptors (Lipinski definition) is 1. The van der Waals surface area contributed by atoms with Crippen molar-refractivity contribution in [3.8, 4) is 0 Å². The third-order valence-electron chi connectivity index (χ3n) is 4.06. The van der Waals surface area contributed by atoms with Gasteiger partial charge in [-0.3, -0.25) is 0 Å². The molecule has 1 heteroatoms. The largest absolute Gasteiger partial charge is 0.330 e. The maximum atomic E-state index is 5.71. The molecule has 0 aliphatic carbocycles. The van der Waals surface area contributed by atoms with Crippen molar-refractivity contribution in [3.63, 3.8) is 0 Å². The number of allylic oxidation sites excluding steroid dienone is 4. The van der Waals surface area contributed by atoms with Crippen LogP contribution in [0.1, 0.15) is 37.3 Å². The van der Waals surface area contributed by atoms with Gasteiger partial charge in [-0.05, 0) is 53.7 Å². The second-order valence-corrected chi connectivity index (χ2v) is 5.89. The third kappa shape index (κ3) is 5.36. The van der Waals surface area contributed by atoms with Crippen molar-refractivity contribution in [2.45, 2.75) is 26.2 Å². The molecule has 2 N–H and O–H groups in total. The molecule has 0 aliphatic heterocycles. The van der Waals surface area contributed by atoms with Crippen LogP contribution in [0, 0.1) is 0 Å². The molecule has 2 aromatic rings. The Morgan fingerprint density at radius 1 is 0.958 bits per heavy atom. The Morgan fingerprint density at radius 2 is 1.54 bits per heavy atom. The van der Waals surface area contributed by atoms with Gasteiger partial charge in [-0.2, -0.15) is 0 Å². The Hall–Kier alpha value is -2.38. The van der Waals surface area contributed by atoms with Crippen LogP contribution in [0.5, 0.6) is 0 Å². The number of benzene rings is 2. The quantitative estimate of drug-likeness (QED) is 0.606. The van der Waals surface area contributed by atoms with E-state index in [2.05, 4.69) is 80.3 Å². The highest BCUT2D eigenvalue weighted by molar-refractivity contribution is 5.71. The van der Waals surface area contributed by atoms with Crippen molar-refractivity contribution < 1.29 is 0 Å². The summed E-state index contributed by atoms with van der Waals surface area (Å²) in [6.07, 6.45) is 7.29. The van der Waals surface area contributed by atoms with Gasteiger partial charge in [-0.25, -0.2) is 0 Å². The van der Waals surface area contributed by atoms with Crippen LogP contribution in [0.2, 0.25) is 0 Å². The molecule has 0 atom stereocenters. The average Bonchev–Trinajstić information content (AvgIpc) is 2.65. The van der Waals surface area contributed by atoms with E-state index in [1.165, 1.54) is 22.3 Å². The second kappa shape index (κ2) is 9.69. The summed E-state index contributed by atoms with van der Waals surface area (Å²) in [6.45, 7) is 7.15. The predicted octanol–water partition coefficient (Wildman–Crippen LogP) is 5.86. The molecule has 2 rings (SSSR count). The van der Waals surface area contributed by atoms with Gasteiger partial charge in [-0.15, -0.1) is 0 Å². The standard InChI is InChI=1S/C23H27N/c1-3-21(23-14-8-5-9-15-23)18-20(11-10-16-24)17-19(2)22-12-6-4-7-13-22/h4-9,11-15,18H,2-3,10,16-17,24H2,1H3/b20-11+,21-18+. The zero-order valence-corrected chi connectivity index (χ0v) is 14.5. The van der Waals surface area contributed by atoms with Crippen molar-refractivity contribution in [1.82, 2.24) is 0 Å². The SMILES string of the molecule is C=C(CC(=C\CCN)/C=C(\CC)c1ccccc1)c1ccccc1. The van der Waals surface area contributed by atoms with Crippen molar-refractivity contribution >= 4 is 11.1 Å². The predicted molar refractivity (Wildman–Crippen MR) is 107 cm³/mol. The highest BCUT2D eigenvalue weighted by atomic mass is 14.5. The summed E-state index contributed by atoms with van der Waals surface area (Å²) in [4.78, 5) is 0. The molecule has 0 aromatic heterocycles. The van der Waals surface area contributed by atoms with E-state index in [1.54, 1.807) is 0 Å². The van der Waals surface area contributed by atoms with E-state index in [4.69, 9.17) is 5.73 Å². The molecule has 124 valence electrons. The molecule has 0 aliphatic rings. The van der Waals surface area contributed by atoms with Gasteiger partial charge in [0.05, 0.1) is 0 Å². The molecule has 0 amide bonds. The van der Waals surface area contributed by atoms with E-state index in [-0.39, 0.29) is 0 Å². The molecule has 1 nitrogen and oxygen atoms in total. The van der Waals surface area contributed by atoms with Gasteiger partial charge < -0.3 is 5.73 Å². The Kier molecular flexibility index (Phi) is 7.25. The summed E-state index contributed by atoms with van der Waals surface area (Å²) in [5.74, 6) is 0. The number of hydrogen-bond donors (Lipinski definition) is 1. The molecule has 2 aromatic carbocycles. The van der Waals surface area contributed by atoms with E-state index in [0.717, 1.165) is 24.8 Å². The first-order valence-electron chi connectivity index (χ1n) is 8.63. The summed E-state index contributed by atoms with van der Waals surface area (Å²) in [7, 11) is 0. The average molecular weight is 317 g/mol. The number of rotatable bonds is 8. The fraction of sp³-hybridized carbons (Fsp3) is 0.217. The first-order chi connectivity index (χ1) is 11.7. The molecule has 0 bridgehead atoms. The van der Waals surface area contributed by atoms with Crippen molar-refractivity contribution in [2.75, 3.05) is 6.54 Å². The second-order valence-electron chi connectivity index (χ2n) is 5.89. The Balaban J connectivity index is 2.25. The van der Waals surface area contributed by atoms with Crippen LogP contribution < -0.4 is 5.73 Å². The lowest BCUT2D eigenvalue weighted by Crippen LogP contribution is -1.97. The molecule has 0 unspecified atom stereocenters. The van der Waals surface area contributed by atoms with Crippen molar-refractivity contribution in [1.29, 1.82) is 0 Å². The van der Waals surface area contributed by atoms with Gasteiger partial charge in [0, 0.05) is 0 Å². The van der Waals surface area contributed by atoms with Crippen LogP contribution in [0.4, 0.5) is 0 Å². The first-order valence-corrected chi connectivity index (χ1v) is 8.63.